The molecule has 0 heterocycles. The zero-order valence-electron chi connectivity index (χ0n) is 11.8. The third-order valence-corrected chi connectivity index (χ3v) is 5.81. The summed E-state index contributed by atoms with van der Waals surface area (Å²) in [6.07, 6.45) is 0.892. The van der Waals surface area contributed by atoms with Crippen molar-refractivity contribution in [2.75, 3.05) is 6.54 Å². The summed E-state index contributed by atoms with van der Waals surface area (Å²) in [6.45, 7) is 6.52. The molecule has 0 aromatic heterocycles. The molecule has 4 nitrogen and oxygen atoms in total. The fraction of sp³-hybridized carbons (Fsp3) is 0.462. The monoisotopic (exact) mass is 415 g/mol. The molecule has 0 bridgehead atoms. The van der Waals surface area contributed by atoms with Crippen LogP contribution in [0.3, 0.4) is 0 Å². The summed E-state index contributed by atoms with van der Waals surface area (Å²) < 4.78 is 23.1. The van der Waals surface area contributed by atoms with E-state index in [1.54, 1.807) is 0 Å². The number of benzene rings is 1. The Bertz CT molecular complexity index is 660. The lowest BCUT2D eigenvalue weighted by Gasteiger charge is -2.23. The molecule has 0 aliphatic heterocycles. The third kappa shape index (κ3) is 5.13. The van der Waals surface area contributed by atoms with Crippen molar-refractivity contribution in [3.63, 3.8) is 0 Å². The lowest BCUT2D eigenvalue weighted by Crippen LogP contribution is -2.33. The molecule has 1 amide bonds. The van der Waals surface area contributed by atoms with Gasteiger partial charge in [-0.3, -0.25) is 4.79 Å². The van der Waals surface area contributed by atoms with E-state index in [4.69, 9.17) is 22.3 Å². The van der Waals surface area contributed by atoms with Gasteiger partial charge >= 0.3 is 0 Å². The third-order valence-electron chi connectivity index (χ3n) is 3.21. The van der Waals surface area contributed by atoms with E-state index in [9.17, 15) is 13.2 Å². The van der Waals surface area contributed by atoms with Gasteiger partial charge in [0.2, 0.25) is 0 Å². The molecular weight excluding hydrogens is 401 g/mol. The van der Waals surface area contributed by atoms with E-state index in [2.05, 4.69) is 21.2 Å². The van der Waals surface area contributed by atoms with E-state index in [1.807, 2.05) is 20.8 Å². The van der Waals surface area contributed by atoms with Crippen LogP contribution in [-0.2, 0) is 9.05 Å². The molecule has 8 heteroatoms. The van der Waals surface area contributed by atoms with Crippen LogP contribution in [0.1, 0.15) is 37.6 Å². The van der Waals surface area contributed by atoms with Gasteiger partial charge in [0.25, 0.3) is 15.0 Å². The molecule has 0 atom stereocenters. The number of carbonyl (C=O) groups excluding carboxylic acids is 1. The summed E-state index contributed by atoms with van der Waals surface area (Å²) in [5.74, 6) is -0.435. The quantitative estimate of drug-likeness (QED) is 0.731. The van der Waals surface area contributed by atoms with Crippen LogP contribution in [0.25, 0.3) is 0 Å². The van der Waals surface area contributed by atoms with Gasteiger partial charge in [0.05, 0.1) is 15.5 Å². The smallest absolute Gasteiger partial charge is 0.262 e. The van der Waals surface area contributed by atoms with E-state index < -0.39 is 15.0 Å². The lowest BCUT2D eigenvalue weighted by atomic mass is 9.90. The van der Waals surface area contributed by atoms with Gasteiger partial charge < -0.3 is 5.32 Å². The van der Waals surface area contributed by atoms with Crippen LogP contribution in [0, 0.1) is 5.41 Å². The maximum Gasteiger partial charge on any atom is 0.262 e. The van der Waals surface area contributed by atoms with Gasteiger partial charge in [-0.15, -0.1) is 0 Å². The fourth-order valence-corrected chi connectivity index (χ4v) is 4.01. The van der Waals surface area contributed by atoms with Gasteiger partial charge in [0.15, 0.2) is 0 Å². The minimum absolute atomic E-state index is 0.0567. The van der Waals surface area contributed by atoms with Crippen LogP contribution in [0.15, 0.2) is 21.5 Å². The summed E-state index contributed by atoms with van der Waals surface area (Å²) in [7, 11) is 1.36. The van der Waals surface area contributed by atoms with Crippen molar-refractivity contribution in [3.05, 3.63) is 27.2 Å². The number of halogens is 3. The first kappa shape index (κ1) is 18.7. The van der Waals surface area contributed by atoms with Crippen molar-refractivity contribution in [3.8, 4) is 0 Å². The van der Waals surface area contributed by atoms with Gasteiger partial charge in [-0.2, -0.15) is 0 Å². The van der Waals surface area contributed by atoms with E-state index in [0.717, 1.165) is 6.42 Å². The Balaban J connectivity index is 3.11. The zero-order chi connectivity index (χ0) is 16.4. The SMILES string of the molecule is CCC(C)(C)CNC(=O)c1cc(S(=O)(=O)Cl)c(Br)cc1Cl. The standard InChI is InChI=1S/C13H16BrCl2NO3S/c1-4-13(2,3)7-17-12(18)8-5-11(21(16,19)20)9(14)6-10(8)15/h5-6H,4,7H2,1-3H3,(H,17,18). The largest absolute Gasteiger partial charge is 0.351 e. The van der Waals surface area contributed by atoms with Gasteiger partial charge in [-0.05, 0) is 39.9 Å². The summed E-state index contributed by atoms with van der Waals surface area (Å²) in [4.78, 5) is 12.0. The van der Waals surface area contributed by atoms with E-state index in [0.29, 0.717) is 6.54 Å². The maximum atomic E-state index is 12.2. The van der Waals surface area contributed by atoms with E-state index >= 15 is 0 Å². The van der Waals surface area contributed by atoms with Crippen LogP contribution in [0.2, 0.25) is 5.02 Å². The first-order valence-electron chi connectivity index (χ1n) is 6.20. The molecule has 1 aromatic rings. The highest BCUT2D eigenvalue weighted by Crippen LogP contribution is 2.31. The summed E-state index contributed by atoms with van der Waals surface area (Å²) >= 11 is 9.07. The Morgan fingerprint density at radius 3 is 2.43 bits per heavy atom. The number of nitrogens with one attached hydrogen (secondary N) is 1. The Morgan fingerprint density at radius 1 is 1.38 bits per heavy atom. The Morgan fingerprint density at radius 2 is 1.95 bits per heavy atom. The molecule has 0 radical (unpaired) electrons. The van der Waals surface area contributed by atoms with Crippen molar-refractivity contribution in [1.29, 1.82) is 0 Å². The second-order valence-electron chi connectivity index (χ2n) is 5.40. The average molecular weight is 417 g/mol. The summed E-state index contributed by atoms with van der Waals surface area (Å²) in [6, 6.07) is 2.51. The molecule has 21 heavy (non-hydrogen) atoms. The topological polar surface area (TPSA) is 63.2 Å². The Hall–Kier alpha value is -0.300. The van der Waals surface area contributed by atoms with E-state index in [-0.39, 0.29) is 25.4 Å². The number of amides is 1. The predicted molar refractivity (Wildman–Crippen MR) is 88.6 cm³/mol. The highest BCUT2D eigenvalue weighted by molar-refractivity contribution is 9.10. The number of hydrogen-bond donors (Lipinski definition) is 1. The zero-order valence-corrected chi connectivity index (χ0v) is 15.8. The summed E-state index contributed by atoms with van der Waals surface area (Å²) in [5, 5.41) is 2.90. The fourth-order valence-electron chi connectivity index (χ4n) is 1.43. The highest BCUT2D eigenvalue weighted by atomic mass is 79.9. The molecule has 1 aromatic carbocycles. The molecular formula is C13H16BrCl2NO3S. The second-order valence-corrected chi connectivity index (χ2v) is 9.20. The van der Waals surface area contributed by atoms with Crippen LogP contribution < -0.4 is 5.32 Å². The van der Waals surface area contributed by atoms with Gasteiger partial charge in [-0.1, -0.05) is 32.4 Å². The van der Waals surface area contributed by atoms with Crippen LogP contribution in [0.5, 0.6) is 0 Å². The second kappa shape index (κ2) is 6.86. The van der Waals surface area contributed by atoms with Crippen molar-refractivity contribution in [2.24, 2.45) is 5.41 Å². The van der Waals surface area contributed by atoms with Crippen molar-refractivity contribution >= 4 is 53.2 Å². The Labute approximate surface area is 142 Å². The average Bonchev–Trinajstić information content (AvgIpc) is 2.34. The molecule has 0 saturated heterocycles. The van der Waals surface area contributed by atoms with Crippen molar-refractivity contribution < 1.29 is 13.2 Å². The molecule has 118 valence electrons. The summed E-state index contributed by atoms with van der Waals surface area (Å²) in [5.41, 5.74) is 0.0183. The predicted octanol–water partition coefficient (Wildman–Crippen LogP) is 4.20. The minimum Gasteiger partial charge on any atom is -0.351 e. The Kier molecular flexibility index (Phi) is 6.12. The van der Waals surface area contributed by atoms with Crippen LogP contribution in [-0.4, -0.2) is 20.9 Å². The van der Waals surface area contributed by atoms with Crippen molar-refractivity contribution in [2.45, 2.75) is 32.1 Å². The number of rotatable bonds is 5. The first-order valence-corrected chi connectivity index (χ1v) is 9.68. The molecule has 0 aliphatic rings. The molecule has 0 spiro atoms. The van der Waals surface area contributed by atoms with E-state index in [1.165, 1.54) is 12.1 Å². The molecule has 0 fully saturated rings. The number of carbonyl (C=O) groups is 1. The first-order chi connectivity index (χ1) is 9.48. The minimum atomic E-state index is -3.97. The van der Waals surface area contributed by atoms with Gasteiger partial charge in [-0.25, -0.2) is 8.42 Å². The van der Waals surface area contributed by atoms with Gasteiger partial charge in [0.1, 0.15) is 0 Å². The highest BCUT2D eigenvalue weighted by Gasteiger charge is 2.22. The molecule has 1 N–H and O–H groups in total. The molecule has 0 aliphatic carbocycles. The lowest BCUT2D eigenvalue weighted by molar-refractivity contribution is 0.0935. The maximum absolute atomic E-state index is 12.2. The molecule has 0 saturated carbocycles. The van der Waals surface area contributed by atoms with Crippen LogP contribution in [0.4, 0.5) is 0 Å². The van der Waals surface area contributed by atoms with Crippen molar-refractivity contribution in [1.82, 2.24) is 5.32 Å². The normalized spacial score (nSPS) is 12.3. The molecule has 0 unspecified atom stereocenters. The number of hydrogen-bond acceptors (Lipinski definition) is 3. The van der Waals surface area contributed by atoms with Crippen LogP contribution >= 0.6 is 38.2 Å². The molecule has 1 rings (SSSR count). The van der Waals surface area contributed by atoms with Gasteiger partial charge in [0, 0.05) is 21.7 Å².